The van der Waals surface area contributed by atoms with Crippen LogP contribution in [-0.4, -0.2) is 42.3 Å². The number of anilines is 1. The molecular weight excluding hydrogens is 291 g/mol. The molecule has 0 saturated heterocycles. The number of hydrogen-bond acceptors (Lipinski definition) is 4. The predicted octanol–water partition coefficient (Wildman–Crippen LogP) is 2.50. The molecule has 0 aliphatic heterocycles. The second-order valence-electron chi connectivity index (χ2n) is 4.21. The van der Waals surface area contributed by atoms with E-state index in [0.717, 1.165) is 13.1 Å². The van der Waals surface area contributed by atoms with Gasteiger partial charge in [0, 0.05) is 13.6 Å². The lowest BCUT2D eigenvalue weighted by Crippen LogP contribution is -2.31. The minimum atomic E-state index is -2.77. The lowest BCUT2D eigenvalue weighted by Gasteiger charge is -2.17. The Morgan fingerprint density at radius 1 is 1.48 bits per heavy atom. The summed E-state index contributed by atoms with van der Waals surface area (Å²) in [6.45, 7) is 1.13. The molecule has 1 N–H and O–H groups in total. The molecule has 0 aliphatic carbocycles. The lowest BCUT2D eigenvalue weighted by atomic mass is 10.1. The molecule has 6 nitrogen and oxygen atoms in total. The van der Waals surface area contributed by atoms with Crippen LogP contribution in [-0.2, 0) is 0 Å². The van der Waals surface area contributed by atoms with Gasteiger partial charge < -0.3 is 10.2 Å². The molecule has 1 aromatic carbocycles. The van der Waals surface area contributed by atoms with Crippen LogP contribution in [0.25, 0.3) is 0 Å². The van der Waals surface area contributed by atoms with E-state index in [-0.39, 0.29) is 5.69 Å². The molecule has 0 radical (unpaired) electrons. The van der Waals surface area contributed by atoms with E-state index < -0.39 is 40.9 Å². The first-order valence-electron chi connectivity index (χ1n) is 6.03. The summed E-state index contributed by atoms with van der Waals surface area (Å²) >= 11 is 0. The van der Waals surface area contributed by atoms with Crippen molar-refractivity contribution >= 4 is 17.3 Å². The van der Waals surface area contributed by atoms with Crippen LogP contribution in [0.2, 0.25) is 0 Å². The molecule has 1 aromatic rings. The molecule has 0 aliphatic rings. The number of benzene rings is 1. The van der Waals surface area contributed by atoms with Crippen molar-refractivity contribution in [3.05, 3.63) is 33.6 Å². The monoisotopic (exact) mass is 305 g/mol. The topological polar surface area (TPSA) is 75.5 Å². The summed E-state index contributed by atoms with van der Waals surface area (Å²) in [6, 6.07) is 1.56. The standard InChI is InChI=1S/C12H14F3N3O3/c1-3-16-9-4-7(10(18(20)21)5-8(9)13)12(19)17(2)6-11(14)15/h4-5,11,16H,3,6H2,1-2H3. The Morgan fingerprint density at radius 3 is 2.57 bits per heavy atom. The van der Waals surface area contributed by atoms with Crippen molar-refractivity contribution in [1.29, 1.82) is 0 Å². The van der Waals surface area contributed by atoms with Crippen LogP contribution in [0.5, 0.6) is 0 Å². The molecule has 0 spiro atoms. The number of hydrogen-bond donors (Lipinski definition) is 1. The number of nitrogens with one attached hydrogen (secondary N) is 1. The molecule has 21 heavy (non-hydrogen) atoms. The molecule has 9 heteroatoms. The van der Waals surface area contributed by atoms with E-state index >= 15 is 0 Å². The van der Waals surface area contributed by atoms with Crippen LogP contribution in [0.4, 0.5) is 24.5 Å². The fourth-order valence-corrected chi connectivity index (χ4v) is 1.71. The number of carbonyl (C=O) groups excluding carboxylic acids is 1. The molecule has 0 aromatic heterocycles. The van der Waals surface area contributed by atoms with Crippen LogP contribution in [0, 0.1) is 15.9 Å². The van der Waals surface area contributed by atoms with Gasteiger partial charge in [-0.15, -0.1) is 0 Å². The minimum Gasteiger partial charge on any atom is -0.383 e. The van der Waals surface area contributed by atoms with Crippen molar-refractivity contribution in [2.24, 2.45) is 0 Å². The Hall–Kier alpha value is -2.32. The summed E-state index contributed by atoms with van der Waals surface area (Å²) in [5.41, 5.74) is -1.31. The van der Waals surface area contributed by atoms with Gasteiger partial charge in [0.05, 0.1) is 23.2 Å². The summed E-state index contributed by atoms with van der Waals surface area (Å²) in [4.78, 5) is 22.6. The van der Waals surface area contributed by atoms with E-state index in [0.29, 0.717) is 17.5 Å². The zero-order valence-electron chi connectivity index (χ0n) is 11.4. The maximum Gasteiger partial charge on any atom is 0.285 e. The summed E-state index contributed by atoms with van der Waals surface area (Å²) < 4.78 is 38.2. The number of nitro groups is 1. The zero-order chi connectivity index (χ0) is 16.2. The molecule has 0 fully saturated rings. The normalized spacial score (nSPS) is 10.6. The first-order chi connectivity index (χ1) is 9.77. The molecule has 0 bridgehead atoms. The molecule has 0 saturated carbocycles. The molecule has 0 atom stereocenters. The highest BCUT2D eigenvalue weighted by molar-refractivity contribution is 5.99. The van der Waals surface area contributed by atoms with Crippen molar-refractivity contribution < 1.29 is 22.9 Å². The second kappa shape index (κ2) is 6.91. The Bertz CT molecular complexity index is 552. The number of alkyl halides is 2. The summed E-state index contributed by atoms with van der Waals surface area (Å²) in [5.74, 6) is -1.86. The third kappa shape index (κ3) is 4.07. The van der Waals surface area contributed by atoms with Gasteiger partial charge in [-0.3, -0.25) is 14.9 Å². The van der Waals surface area contributed by atoms with Crippen LogP contribution in [0.15, 0.2) is 12.1 Å². The van der Waals surface area contributed by atoms with Crippen LogP contribution >= 0.6 is 0 Å². The largest absolute Gasteiger partial charge is 0.383 e. The zero-order valence-corrected chi connectivity index (χ0v) is 11.4. The summed E-state index contributed by atoms with van der Waals surface area (Å²) in [7, 11) is 1.09. The second-order valence-corrected chi connectivity index (χ2v) is 4.21. The van der Waals surface area contributed by atoms with Gasteiger partial charge in [0.2, 0.25) is 0 Å². The molecule has 1 amide bonds. The third-order valence-corrected chi connectivity index (χ3v) is 2.64. The molecule has 1 rings (SSSR count). The summed E-state index contributed by atoms with van der Waals surface area (Å²) in [6.07, 6.45) is -2.77. The number of halogens is 3. The average Bonchev–Trinajstić information content (AvgIpc) is 2.39. The smallest absolute Gasteiger partial charge is 0.285 e. The van der Waals surface area contributed by atoms with Gasteiger partial charge in [-0.1, -0.05) is 0 Å². The van der Waals surface area contributed by atoms with Crippen molar-refractivity contribution in [1.82, 2.24) is 4.90 Å². The van der Waals surface area contributed by atoms with Gasteiger partial charge >= 0.3 is 0 Å². The maximum atomic E-state index is 13.6. The van der Waals surface area contributed by atoms with Gasteiger partial charge in [0.25, 0.3) is 18.0 Å². The molecule has 116 valence electrons. The number of carbonyl (C=O) groups is 1. The maximum absolute atomic E-state index is 13.6. The average molecular weight is 305 g/mol. The van der Waals surface area contributed by atoms with Gasteiger partial charge in [-0.2, -0.15) is 0 Å². The highest BCUT2D eigenvalue weighted by Crippen LogP contribution is 2.27. The predicted molar refractivity (Wildman–Crippen MR) is 70.2 cm³/mol. The van der Waals surface area contributed by atoms with Crippen molar-refractivity contribution in [2.75, 3.05) is 25.5 Å². The van der Waals surface area contributed by atoms with Crippen LogP contribution in [0.1, 0.15) is 17.3 Å². The van der Waals surface area contributed by atoms with Crippen LogP contribution < -0.4 is 5.32 Å². The lowest BCUT2D eigenvalue weighted by molar-refractivity contribution is -0.385. The van der Waals surface area contributed by atoms with Gasteiger partial charge in [0.15, 0.2) is 5.82 Å². The van der Waals surface area contributed by atoms with Crippen molar-refractivity contribution in [3.63, 3.8) is 0 Å². The third-order valence-electron chi connectivity index (χ3n) is 2.64. The van der Waals surface area contributed by atoms with Crippen molar-refractivity contribution in [3.8, 4) is 0 Å². The van der Waals surface area contributed by atoms with E-state index in [2.05, 4.69) is 5.32 Å². The number of nitrogens with zero attached hydrogens (tertiary/aromatic N) is 2. The highest BCUT2D eigenvalue weighted by Gasteiger charge is 2.26. The van der Waals surface area contributed by atoms with Crippen molar-refractivity contribution in [2.45, 2.75) is 13.3 Å². The van der Waals surface area contributed by atoms with Crippen LogP contribution in [0.3, 0.4) is 0 Å². The molecular formula is C12H14F3N3O3. The number of rotatable bonds is 6. The first-order valence-corrected chi connectivity index (χ1v) is 6.03. The molecule has 0 unspecified atom stereocenters. The van der Waals surface area contributed by atoms with E-state index in [4.69, 9.17) is 0 Å². The first kappa shape index (κ1) is 16.7. The van der Waals surface area contributed by atoms with E-state index in [1.807, 2.05) is 0 Å². The molecule has 0 heterocycles. The number of nitro benzene ring substituents is 1. The van der Waals surface area contributed by atoms with Gasteiger partial charge in [-0.25, -0.2) is 13.2 Å². The number of amides is 1. The Morgan fingerprint density at radius 2 is 2.10 bits per heavy atom. The Balaban J connectivity index is 3.27. The van der Waals surface area contributed by atoms with E-state index in [1.54, 1.807) is 6.92 Å². The highest BCUT2D eigenvalue weighted by atomic mass is 19.3. The summed E-state index contributed by atoms with van der Waals surface area (Å²) in [5, 5.41) is 13.5. The Kier molecular flexibility index (Phi) is 5.51. The Labute approximate surface area is 118 Å². The van der Waals surface area contributed by atoms with Gasteiger partial charge in [0.1, 0.15) is 5.56 Å². The fraction of sp³-hybridized carbons (Fsp3) is 0.417. The quantitative estimate of drug-likeness (QED) is 0.647. The van der Waals surface area contributed by atoms with E-state index in [9.17, 15) is 28.1 Å². The fourth-order valence-electron chi connectivity index (χ4n) is 1.71. The van der Waals surface area contributed by atoms with Gasteiger partial charge in [-0.05, 0) is 13.0 Å². The minimum absolute atomic E-state index is 0.100. The SMILES string of the molecule is CCNc1cc(C(=O)N(C)CC(F)F)c([N+](=O)[O-])cc1F. The van der Waals surface area contributed by atoms with E-state index in [1.165, 1.54) is 0 Å².